The van der Waals surface area contributed by atoms with Crippen LogP contribution in [0, 0.1) is 0 Å². The second-order valence-electron chi connectivity index (χ2n) is 8.74. The van der Waals surface area contributed by atoms with E-state index in [1.54, 1.807) is 0 Å². The third kappa shape index (κ3) is 5.85. The molecule has 0 saturated carbocycles. The summed E-state index contributed by atoms with van der Waals surface area (Å²) >= 11 is 0. The minimum Gasteiger partial charge on any atom is -0.382 e. The Labute approximate surface area is 183 Å². The third-order valence-electron chi connectivity index (χ3n) is 4.92. The molecule has 31 heavy (non-hydrogen) atoms. The molecule has 0 fully saturated rings. The van der Waals surface area contributed by atoms with E-state index in [9.17, 15) is 4.79 Å². The molecule has 1 aromatic carbocycles. The lowest BCUT2D eigenvalue weighted by Gasteiger charge is -2.20. The topological polar surface area (TPSA) is 107 Å². The van der Waals surface area contributed by atoms with Gasteiger partial charge in [0.15, 0.2) is 5.82 Å². The van der Waals surface area contributed by atoms with Crippen LogP contribution in [0.2, 0.25) is 0 Å². The fourth-order valence-electron chi connectivity index (χ4n) is 3.55. The number of nitrogens with one attached hydrogen (secondary N) is 2. The van der Waals surface area contributed by atoms with Gasteiger partial charge in [0, 0.05) is 30.4 Å². The van der Waals surface area contributed by atoms with Gasteiger partial charge in [0.05, 0.1) is 24.2 Å². The zero-order chi connectivity index (χ0) is 22.4. The second-order valence-corrected chi connectivity index (χ2v) is 8.74. The molecule has 0 bridgehead atoms. The molecule has 3 rings (SSSR count). The lowest BCUT2D eigenvalue weighted by Crippen LogP contribution is -2.47. The Morgan fingerprint density at radius 3 is 2.71 bits per heavy atom. The summed E-state index contributed by atoms with van der Waals surface area (Å²) in [4.78, 5) is 21.2. The molecule has 2 amide bonds. The molecule has 168 valence electrons. The van der Waals surface area contributed by atoms with E-state index in [0.29, 0.717) is 32.1 Å². The van der Waals surface area contributed by atoms with Crippen molar-refractivity contribution in [1.82, 2.24) is 25.2 Å². The van der Waals surface area contributed by atoms with Crippen LogP contribution in [0.4, 0.5) is 10.6 Å². The van der Waals surface area contributed by atoms with E-state index < -0.39 is 0 Å². The molecule has 4 N–H and O–H groups in total. The largest absolute Gasteiger partial charge is 0.382 e. The van der Waals surface area contributed by atoms with Gasteiger partial charge in [-0.3, -0.25) is 0 Å². The first-order chi connectivity index (χ1) is 14.8. The van der Waals surface area contributed by atoms with Gasteiger partial charge in [-0.1, -0.05) is 31.5 Å². The van der Waals surface area contributed by atoms with Gasteiger partial charge >= 0.3 is 6.03 Å². The number of aryl methyl sites for hydroxylation is 1. The van der Waals surface area contributed by atoms with E-state index in [4.69, 9.17) is 15.5 Å². The minimum atomic E-state index is -0.262. The molecule has 2 aromatic heterocycles. The van der Waals surface area contributed by atoms with Crippen molar-refractivity contribution >= 4 is 33.8 Å². The lowest BCUT2D eigenvalue weighted by molar-refractivity contribution is 0.128. The van der Waals surface area contributed by atoms with Gasteiger partial charge in [-0.25, -0.2) is 14.8 Å². The molecule has 0 aliphatic heterocycles. The molecule has 8 heteroatoms. The van der Waals surface area contributed by atoms with E-state index >= 15 is 0 Å². The molecule has 0 unspecified atom stereocenters. The Balaban J connectivity index is 1.69. The zero-order valence-corrected chi connectivity index (χ0v) is 19.0. The van der Waals surface area contributed by atoms with Gasteiger partial charge in [-0.15, -0.1) is 0 Å². The van der Waals surface area contributed by atoms with Crippen LogP contribution in [0.1, 0.15) is 46.4 Å². The monoisotopic (exact) mass is 426 g/mol. The number of para-hydroxylation sites is 1. The number of fused-ring (bicyclic) bond motifs is 3. The van der Waals surface area contributed by atoms with E-state index in [1.807, 2.05) is 39.0 Å². The van der Waals surface area contributed by atoms with Crippen LogP contribution in [0.5, 0.6) is 0 Å². The Hall–Kier alpha value is -2.87. The maximum Gasteiger partial charge on any atom is 0.315 e. The predicted molar refractivity (Wildman–Crippen MR) is 125 cm³/mol. The van der Waals surface area contributed by atoms with Gasteiger partial charge in [-0.05, 0) is 33.3 Å². The molecule has 0 spiro atoms. The third-order valence-corrected chi connectivity index (χ3v) is 4.92. The molecular weight excluding hydrogens is 392 g/mol. The van der Waals surface area contributed by atoms with Crippen LogP contribution in [0.15, 0.2) is 24.3 Å². The Morgan fingerprint density at radius 2 is 1.97 bits per heavy atom. The van der Waals surface area contributed by atoms with Gasteiger partial charge < -0.3 is 25.7 Å². The average Bonchev–Trinajstić information content (AvgIpc) is 3.07. The van der Waals surface area contributed by atoms with Crippen molar-refractivity contribution in [2.45, 2.75) is 59.0 Å². The van der Waals surface area contributed by atoms with Crippen LogP contribution in [-0.4, -0.2) is 45.9 Å². The van der Waals surface area contributed by atoms with Crippen LogP contribution in [0.3, 0.4) is 0 Å². The van der Waals surface area contributed by atoms with Crippen LogP contribution in [-0.2, 0) is 17.7 Å². The quantitative estimate of drug-likeness (QED) is 0.453. The van der Waals surface area contributed by atoms with Crippen molar-refractivity contribution in [2.75, 3.05) is 25.5 Å². The number of carbonyl (C=O) groups is 1. The minimum absolute atomic E-state index is 0.187. The summed E-state index contributed by atoms with van der Waals surface area (Å²) in [7, 11) is 0. The van der Waals surface area contributed by atoms with Crippen LogP contribution >= 0.6 is 0 Å². The highest BCUT2D eigenvalue weighted by Crippen LogP contribution is 2.29. The SMILES string of the molecule is CCCCc1nc2c(N)nc3ccccc3c2n1CCOCCNC(=O)NC(C)(C)C. The predicted octanol–water partition coefficient (Wildman–Crippen LogP) is 3.62. The number of rotatable bonds is 9. The zero-order valence-electron chi connectivity index (χ0n) is 19.0. The van der Waals surface area contributed by atoms with Crippen molar-refractivity contribution < 1.29 is 9.53 Å². The van der Waals surface area contributed by atoms with Crippen molar-refractivity contribution in [3.63, 3.8) is 0 Å². The van der Waals surface area contributed by atoms with Gasteiger partial charge in [0.2, 0.25) is 0 Å². The number of aromatic nitrogens is 3. The number of nitrogens with zero attached hydrogens (tertiary/aromatic N) is 3. The number of amides is 2. The Morgan fingerprint density at radius 1 is 1.19 bits per heavy atom. The maximum absolute atomic E-state index is 11.8. The number of nitrogen functional groups attached to an aromatic ring is 1. The second kappa shape index (κ2) is 9.96. The van der Waals surface area contributed by atoms with Crippen LogP contribution < -0.4 is 16.4 Å². The molecule has 0 aliphatic carbocycles. The van der Waals surface area contributed by atoms with E-state index in [0.717, 1.165) is 47.0 Å². The number of hydrogen-bond acceptors (Lipinski definition) is 5. The molecular formula is C23H34N6O2. The first kappa shape index (κ1) is 22.8. The van der Waals surface area contributed by atoms with Crippen molar-refractivity contribution in [3.05, 3.63) is 30.1 Å². The summed E-state index contributed by atoms with van der Waals surface area (Å²) in [5, 5.41) is 6.72. The smallest absolute Gasteiger partial charge is 0.315 e. The Bertz CT molecular complexity index is 1040. The highest BCUT2D eigenvalue weighted by molar-refractivity contribution is 6.06. The number of benzene rings is 1. The fraction of sp³-hybridized carbons (Fsp3) is 0.522. The lowest BCUT2D eigenvalue weighted by atomic mass is 10.1. The van der Waals surface area contributed by atoms with Crippen LogP contribution in [0.25, 0.3) is 21.9 Å². The first-order valence-electron chi connectivity index (χ1n) is 11.0. The molecule has 0 aliphatic rings. The van der Waals surface area contributed by atoms with Crippen molar-refractivity contribution in [3.8, 4) is 0 Å². The number of hydrogen-bond donors (Lipinski definition) is 3. The van der Waals surface area contributed by atoms with Gasteiger partial charge in [-0.2, -0.15) is 0 Å². The number of imidazole rings is 1. The van der Waals surface area contributed by atoms with Crippen molar-refractivity contribution in [2.24, 2.45) is 0 Å². The number of ether oxygens (including phenoxy) is 1. The van der Waals surface area contributed by atoms with E-state index in [2.05, 4.69) is 33.2 Å². The molecule has 0 saturated heterocycles. The fourth-order valence-corrected chi connectivity index (χ4v) is 3.55. The van der Waals surface area contributed by atoms with E-state index in [1.165, 1.54) is 0 Å². The Kier molecular flexibility index (Phi) is 7.33. The normalized spacial score (nSPS) is 11.9. The number of unbranched alkanes of at least 4 members (excludes halogenated alkanes) is 1. The molecule has 0 radical (unpaired) electrons. The highest BCUT2D eigenvalue weighted by atomic mass is 16.5. The van der Waals surface area contributed by atoms with E-state index in [-0.39, 0.29) is 11.6 Å². The molecule has 2 heterocycles. The maximum atomic E-state index is 11.8. The summed E-state index contributed by atoms with van der Waals surface area (Å²) in [5.41, 5.74) is 8.61. The molecule has 3 aromatic rings. The number of carbonyl (C=O) groups excluding carboxylic acids is 1. The summed E-state index contributed by atoms with van der Waals surface area (Å²) in [6.45, 7) is 10.1. The number of urea groups is 1. The number of anilines is 1. The highest BCUT2D eigenvalue weighted by Gasteiger charge is 2.17. The molecule has 8 nitrogen and oxygen atoms in total. The average molecular weight is 427 g/mol. The summed E-state index contributed by atoms with van der Waals surface area (Å²) in [6.07, 6.45) is 3.03. The van der Waals surface area contributed by atoms with Crippen molar-refractivity contribution in [1.29, 1.82) is 0 Å². The molecule has 0 atom stereocenters. The number of pyridine rings is 1. The summed E-state index contributed by atoms with van der Waals surface area (Å²) in [6, 6.07) is 7.82. The first-order valence-corrected chi connectivity index (χ1v) is 11.0. The number of nitrogens with two attached hydrogens (primary N) is 1. The summed E-state index contributed by atoms with van der Waals surface area (Å²) in [5.74, 6) is 1.47. The van der Waals surface area contributed by atoms with Gasteiger partial charge in [0.1, 0.15) is 11.3 Å². The standard InChI is InChI=1S/C23H34N6O2/c1-5-6-11-18-27-19-20(16-9-7-8-10-17(16)26-21(19)24)29(18)13-15-31-14-12-25-22(30)28-23(2,3)4/h7-10H,5-6,11-15H2,1-4H3,(H2,24,26)(H2,25,28,30). The summed E-state index contributed by atoms with van der Waals surface area (Å²) < 4.78 is 8.01. The van der Waals surface area contributed by atoms with Gasteiger partial charge in [0.25, 0.3) is 0 Å².